The number of pyridine rings is 2. The van der Waals surface area contributed by atoms with Crippen molar-refractivity contribution in [2.75, 3.05) is 20.8 Å². The van der Waals surface area contributed by atoms with Crippen LogP contribution in [0, 0.1) is 0 Å². The van der Waals surface area contributed by atoms with Crippen molar-refractivity contribution < 1.29 is 14.6 Å². The Bertz CT molecular complexity index is 1170. The Morgan fingerprint density at radius 1 is 0.968 bits per heavy atom. The second kappa shape index (κ2) is 9.68. The number of hydrogen-bond donors (Lipinski definition) is 1. The first-order chi connectivity index (χ1) is 15.2. The summed E-state index contributed by atoms with van der Waals surface area (Å²) in [5, 5.41) is 14.8. The molecule has 0 saturated heterocycles. The molecule has 0 bridgehead atoms. The van der Waals surface area contributed by atoms with Crippen LogP contribution in [0.3, 0.4) is 0 Å². The fraction of sp³-hybridized carbons (Fsp3) is 0.292. The van der Waals surface area contributed by atoms with Crippen LogP contribution in [0.25, 0.3) is 28.0 Å². The number of aliphatic hydroxyl groups excluding tert-OH is 1. The van der Waals surface area contributed by atoms with Gasteiger partial charge in [0.1, 0.15) is 5.75 Å². The molecule has 0 spiro atoms. The summed E-state index contributed by atoms with van der Waals surface area (Å²) in [5.41, 5.74) is 4.34. The number of aryl methyl sites for hydroxylation is 1. The van der Waals surface area contributed by atoms with E-state index in [4.69, 9.17) is 14.5 Å². The van der Waals surface area contributed by atoms with Gasteiger partial charge in [0.15, 0.2) is 5.82 Å². The van der Waals surface area contributed by atoms with Crippen LogP contribution in [0.15, 0.2) is 54.7 Å². The number of hydrogen-bond acceptors (Lipinski definition) is 6. The van der Waals surface area contributed by atoms with Crippen LogP contribution in [-0.4, -0.2) is 45.7 Å². The summed E-state index contributed by atoms with van der Waals surface area (Å²) >= 11 is 0. The van der Waals surface area contributed by atoms with Crippen molar-refractivity contribution in [3.05, 3.63) is 66.1 Å². The Balaban J connectivity index is 1.74. The summed E-state index contributed by atoms with van der Waals surface area (Å²) in [6.45, 7) is 0.645. The summed E-state index contributed by atoms with van der Waals surface area (Å²) in [4.78, 5) is 9.35. The minimum atomic E-state index is -0.122. The van der Waals surface area contributed by atoms with E-state index in [1.807, 2.05) is 30.3 Å². The lowest BCUT2D eigenvalue weighted by molar-refractivity contribution is 0.193. The van der Waals surface area contributed by atoms with Crippen LogP contribution < -0.4 is 4.74 Å². The van der Waals surface area contributed by atoms with E-state index in [1.165, 1.54) is 0 Å². The van der Waals surface area contributed by atoms with E-state index >= 15 is 0 Å². The van der Waals surface area contributed by atoms with Gasteiger partial charge in [0.2, 0.25) is 0 Å². The average Bonchev–Trinajstić information content (AvgIpc) is 3.25. The van der Waals surface area contributed by atoms with Crippen LogP contribution >= 0.6 is 0 Å². The SMILES string of the molecule is COCCCCc1cccc(-c2cc(OC)c3cnn(-c4cccc(CO)n4)c3c2)n1. The molecule has 7 nitrogen and oxygen atoms in total. The molecule has 0 unspecified atom stereocenters. The fourth-order valence-electron chi connectivity index (χ4n) is 3.60. The Hall–Kier alpha value is -3.29. The Morgan fingerprint density at radius 2 is 1.81 bits per heavy atom. The van der Waals surface area contributed by atoms with Crippen LogP contribution in [-0.2, 0) is 17.8 Å². The van der Waals surface area contributed by atoms with Crippen LogP contribution in [0.4, 0.5) is 0 Å². The molecular weight excluding hydrogens is 392 g/mol. The summed E-state index contributed by atoms with van der Waals surface area (Å²) < 4.78 is 12.5. The number of aliphatic hydroxyl groups is 1. The van der Waals surface area contributed by atoms with Gasteiger partial charge in [0.05, 0.1) is 42.2 Å². The Labute approximate surface area is 181 Å². The van der Waals surface area contributed by atoms with Crippen molar-refractivity contribution in [2.45, 2.75) is 25.9 Å². The third-order valence-corrected chi connectivity index (χ3v) is 5.18. The Kier molecular flexibility index (Phi) is 6.54. The molecule has 0 aliphatic heterocycles. The van der Waals surface area contributed by atoms with Crippen molar-refractivity contribution in [1.82, 2.24) is 19.7 Å². The van der Waals surface area contributed by atoms with Gasteiger partial charge in [-0.3, -0.25) is 4.98 Å². The molecule has 0 saturated carbocycles. The van der Waals surface area contributed by atoms with Gasteiger partial charge >= 0.3 is 0 Å². The first kappa shape index (κ1) is 21.0. The number of methoxy groups -OCH3 is 2. The van der Waals surface area contributed by atoms with E-state index in [1.54, 1.807) is 31.2 Å². The van der Waals surface area contributed by atoms with Crippen LogP contribution in [0.2, 0.25) is 0 Å². The summed E-state index contributed by atoms with van der Waals surface area (Å²) in [5.74, 6) is 1.37. The molecule has 0 aliphatic rings. The van der Waals surface area contributed by atoms with E-state index in [-0.39, 0.29) is 6.61 Å². The lowest BCUT2D eigenvalue weighted by Crippen LogP contribution is -2.02. The van der Waals surface area contributed by atoms with Crippen molar-refractivity contribution in [3.63, 3.8) is 0 Å². The summed E-state index contributed by atoms with van der Waals surface area (Å²) in [6.07, 6.45) is 4.73. The highest BCUT2D eigenvalue weighted by molar-refractivity contribution is 5.90. The van der Waals surface area contributed by atoms with E-state index in [9.17, 15) is 5.11 Å². The zero-order valence-corrected chi connectivity index (χ0v) is 17.8. The van der Waals surface area contributed by atoms with Crippen molar-refractivity contribution in [3.8, 4) is 22.8 Å². The summed E-state index contributed by atoms with van der Waals surface area (Å²) in [7, 11) is 3.38. The number of fused-ring (bicyclic) bond motifs is 1. The molecule has 0 atom stereocenters. The van der Waals surface area contributed by atoms with Gasteiger partial charge < -0.3 is 14.6 Å². The lowest BCUT2D eigenvalue weighted by Gasteiger charge is -2.10. The van der Waals surface area contributed by atoms with E-state index in [0.717, 1.165) is 59.5 Å². The predicted molar refractivity (Wildman–Crippen MR) is 119 cm³/mol. The molecule has 0 fully saturated rings. The number of unbranched alkanes of at least 4 members (excludes halogenated alkanes) is 1. The predicted octanol–water partition coefficient (Wildman–Crippen LogP) is 3.95. The molecule has 3 aromatic heterocycles. The van der Waals surface area contributed by atoms with Gasteiger partial charge in [-0.1, -0.05) is 12.1 Å². The largest absolute Gasteiger partial charge is 0.496 e. The highest BCUT2D eigenvalue weighted by atomic mass is 16.5. The smallest absolute Gasteiger partial charge is 0.154 e. The highest BCUT2D eigenvalue weighted by Gasteiger charge is 2.14. The minimum Gasteiger partial charge on any atom is -0.496 e. The van der Waals surface area contributed by atoms with Crippen molar-refractivity contribution >= 4 is 10.9 Å². The van der Waals surface area contributed by atoms with Crippen LogP contribution in [0.1, 0.15) is 24.2 Å². The molecule has 0 radical (unpaired) electrons. The highest BCUT2D eigenvalue weighted by Crippen LogP contribution is 2.33. The topological polar surface area (TPSA) is 82.3 Å². The molecule has 1 N–H and O–H groups in total. The standard InChI is InChI=1S/C24H26N4O3/c1-30-12-4-3-7-18-8-5-10-21(26-18)17-13-22-20(23(14-17)31-2)15-25-28(22)24-11-6-9-19(16-29)27-24/h5-6,8-11,13-15,29H,3-4,7,12,16H2,1-2H3. The molecule has 0 amide bonds. The molecule has 4 rings (SSSR count). The van der Waals surface area contributed by atoms with Crippen LogP contribution in [0.5, 0.6) is 5.75 Å². The normalized spacial score (nSPS) is 11.2. The quantitative estimate of drug-likeness (QED) is 0.415. The number of benzene rings is 1. The number of rotatable bonds is 9. The fourth-order valence-corrected chi connectivity index (χ4v) is 3.60. The van der Waals surface area contributed by atoms with Gasteiger partial charge in [-0.15, -0.1) is 0 Å². The van der Waals surface area contributed by atoms with Gasteiger partial charge in [-0.25, -0.2) is 9.67 Å². The van der Waals surface area contributed by atoms with Gasteiger partial charge in [0, 0.05) is 25.0 Å². The molecule has 31 heavy (non-hydrogen) atoms. The minimum absolute atomic E-state index is 0.122. The first-order valence-corrected chi connectivity index (χ1v) is 10.3. The molecule has 3 heterocycles. The zero-order valence-electron chi connectivity index (χ0n) is 17.8. The lowest BCUT2D eigenvalue weighted by atomic mass is 10.1. The number of nitrogens with zero attached hydrogens (tertiary/aromatic N) is 4. The second-order valence-electron chi connectivity index (χ2n) is 7.28. The van der Waals surface area contributed by atoms with Gasteiger partial charge in [0.25, 0.3) is 0 Å². The molecular formula is C24H26N4O3. The third-order valence-electron chi connectivity index (χ3n) is 5.18. The number of aromatic nitrogens is 4. The van der Waals surface area contributed by atoms with Gasteiger partial charge in [-0.05, 0) is 55.7 Å². The van der Waals surface area contributed by atoms with Crippen molar-refractivity contribution in [1.29, 1.82) is 0 Å². The Morgan fingerprint density at radius 3 is 2.61 bits per heavy atom. The molecule has 0 aliphatic carbocycles. The maximum atomic E-state index is 9.44. The average molecular weight is 418 g/mol. The molecule has 160 valence electrons. The first-order valence-electron chi connectivity index (χ1n) is 10.3. The zero-order chi connectivity index (χ0) is 21.6. The molecule has 7 heteroatoms. The molecule has 4 aromatic rings. The monoisotopic (exact) mass is 418 g/mol. The van der Waals surface area contributed by atoms with Gasteiger partial charge in [-0.2, -0.15) is 5.10 Å². The van der Waals surface area contributed by atoms with E-state index in [0.29, 0.717) is 11.5 Å². The maximum Gasteiger partial charge on any atom is 0.154 e. The number of ether oxygens (including phenoxy) is 2. The van der Waals surface area contributed by atoms with E-state index < -0.39 is 0 Å². The third kappa shape index (κ3) is 4.57. The second-order valence-corrected chi connectivity index (χ2v) is 7.28. The molecule has 1 aromatic carbocycles. The van der Waals surface area contributed by atoms with E-state index in [2.05, 4.69) is 22.2 Å². The van der Waals surface area contributed by atoms with Crippen molar-refractivity contribution in [2.24, 2.45) is 0 Å². The maximum absolute atomic E-state index is 9.44. The summed E-state index contributed by atoms with van der Waals surface area (Å²) in [6, 6.07) is 15.6.